The van der Waals surface area contributed by atoms with Gasteiger partial charge in [-0.25, -0.2) is 0 Å². The highest BCUT2D eigenvalue weighted by atomic mass is 79.9. The molecule has 82 valence electrons. The van der Waals surface area contributed by atoms with E-state index in [1.165, 1.54) is 6.21 Å². The van der Waals surface area contributed by atoms with Gasteiger partial charge in [-0.3, -0.25) is 0 Å². The molecule has 0 bridgehead atoms. The Balaban J connectivity index is 3.13. The molecule has 2 nitrogen and oxygen atoms in total. The number of nitrogens with zero attached hydrogens (tertiary/aromatic N) is 1. The van der Waals surface area contributed by atoms with E-state index in [-0.39, 0.29) is 4.75 Å². The zero-order valence-electron chi connectivity index (χ0n) is 8.99. The summed E-state index contributed by atoms with van der Waals surface area (Å²) in [5.74, 6) is 0. The van der Waals surface area contributed by atoms with Crippen LogP contribution in [0.25, 0.3) is 0 Å². The van der Waals surface area contributed by atoms with E-state index in [4.69, 9.17) is 5.21 Å². The summed E-state index contributed by atoms with van der Waals surface area (Å²) in [7, 11) is 0. The highest BCUT2D eigenvalue weighted by Crippen LogP contribution is 2.38. The van der Waals surface area contributed by atoms with E-state index in [0.717, 1.165) is 14.9 Å². The molecule has 0 saturated carbocycles. The second-order valence-corrected chi connectivity index (χ2v) is 6.81. The summed E-state index contributed by atoms with van der Waals surface area (Å²) in [6.45, 7) is 6.45. The van der Waals surface area contributed by atoms with Crippen LogP contribution in [0.15, 0.2) is 32.7 Å². The minimum atomic E-state index is 0.127. The van der Waals surface area contributed by atoms with Crippen molar-refractivity contribution in [2.24, 2.45) is 5.16 Å². The van der Waals surface area contributed by atoms with Gasteiger partial charge in [-0.05, 0) is 22.0 Å². The Labute approximate surface area is 103 Å². The molecule has 1 rings (SSSR count). The lowest BCUT2D eigenvalue weighted by molar-refractivity contribution is 0.321. The standard InChI is InChI=1S/C11H14BrNOS/c1-11(2,3)15-10-8(7-13-14)5-4-6-9(10)12/h4-7,14H,1-3H3. The van der Waals surface area contributed by atoms with Crippen LogP contribution in [0.4, 0.5) is 0 Å². The fraction of sp³-hybridized carbons (Fsp3) is 0.364. The molecule has 0 aliphatic heterocycles. The number of rotatable bonds is 2. The highest BCUT2D eigenvalue weighted by Gasteiger charge is 2.16. The van der Waals surface area contributed by atoms with Gasteiger partial charge in [-0.1, -0.05) is 38.1 Å². The van der Waals surface area contributed by atoms with Crippen molar-refractivity contribution in [3.05, 3.63) is 28.2 Å². The Morgan fingerprint density at radius 2 is 2.07 bits per heavy atom. The summed E-state index contributed by atoms with van der Waals surface area (Å²) >= 11 is 5.25. The largest absolute Gasteiger partial charge is 0.411 e. The summed E-state index contributed by atoms with van der Waals surface area (Å²) < 4.78 is 1.15. The van der Waals surface area contributed by atoms with E-state index >= 15 is 0 Å². The van der Waals surface area contributed by atoms with Crippen LogP contribution in [-0.2, 0) is 0 Å². The molecule has 0 saturated heterocycles. The van der Waals surface area contributed by atoms with Gasteiger partial charge in [0.1, 0.15) is 0 Å². The van der Waals surface area contributed by atoms with Gasteiger partial charge in [0, 0.05) is 19.7 Å². The third-order valence-electron chi connectivity index (χ3n) is 1.60. The smallest absolute Gasteiger partial charge is 0.0745 e. The molecule has 0 radical (unpaired) electrons. The maximum absolute atomic E-state index is 8.58. The Bertz CT molecular complexity index is 371. The first kappa shape index (κ1) is 12.6. The van der Waals surface area contributed by atoms with Gasteiger partial charge in [-0.2, -0.15) is 0 Å². The molecule has 0 heterocycles. The van der Waals surface area contributed by atoms with E-state index in [2.05, 4.69) is 41.9 Å². The zero-order valence-corrected chi connectivity index (χ0v) is 11.4. The molecule has 1 aromatic carbocycles. The minimum absolute atomic E-state index is 0.127. The molecule has 4 heteroatoms. The lowest BCUT2D eigenvalue weighted by atomic mass is 10.2. The van der Waals surface area contributed by atoms with Crippen molar-refractivity contribution >= 4 is 33.9 Å². The molecule has 0 aliphatic rings. The molecule has 0 aliphatic carbocycles. The number of thioether (sulfide) groups is 1. The van der Waals surface area contributed by atoms with Crippen molar-refractivity contribution in [3.8, 4) is 0 Å². The maximum Gasteiger partial charge on any atom is 0.0745 e. The molecule has 0 unspecified atom stereocenters. The van der Waals surface area contributed by atoms with E-state index in [9.17, 15) is 0 Å². The zero-order chi connectivity index (χ0) is 11.5. The van der Waals surface area contributed by atoms with Crippen LogP contribution in [0.1, 0.15) is 26.3 Å². The molecule has 0 aromatic heterocycles. The number of halogens is 1. The molecular weight excluding hydrogens is 274 g/mol. The van der Waals surface area contributed by atoms with Gasteiger partial charge in [-0.15, -0.1) is 11.8 Å². The van der Waals surface area contributed by atoms with Gasteiger partial charge in [0.2, 0.25) is 0 Å². The molecule has 0 spiro atoms. The van der Waals surface area contributed by atoms with E-state index in [1.54, 1.807) is 11.8 Å². The van der Waals surface area contributed by atoms with Crippen molar-refractivity contribution in [1.82, 2.24) is 0 Å². The van der Waals surface area contributed by atoms with Crippen LogP contribution < -0.4 is 0 Å². The van der Waals surface area contributed by atoms with Crippen LogP contribution in [0.2, 0.25) is 0 Å². The van der Waals surface area contributed by atoms with Crippen molar-refractivity contribution in [2.75, 3.05) is 0 Å². The van der Waals surface area contributed by atoms with E-state index < -0.39 is 0 Å². The third kappa shape index (κ3) is 3.87. The van der Waals surface area contributed by atoms with Gasteiger partial charge in [0.05, 0.1) is 6.21 Å². The Hall–Kier alpha value is -0.480. The van der Waals surface area contributed by atoms with Crippen molar-refractivity contribution in [1.29, 1.82) is 0 Å². The predicted molar refractivity (Wildman–Crippen MR) is 69.1 cm³/mol. The molecule has 0 fully saturated rings. The number of oxime groups is 1. The number of hydrogen-bond acceptors (Lipinski definition) is 3. The summed E-state index contributed by atoms with van der Waals surface area (Å²) in [6.07, 6.45) is 1.46. The lowest BCUT2D eigenvalue weighted by Crippen LogP contribution is -2.08. The monoisotopic (exact) mass is 287 g/mol. The number of hydrogen-bond donors (Lipinski definition) is 1. The summed E-state index contributed by atoms with van der Waals surface area (Å²) in [5, 5.41) is 11.7. The van der Waals surface area contributed by atoms with E-state index in [0.29, 0.717) is 0 Å². The quantitative estimate of drug-likeness (QED) is 0.384. The Kier molecular flexibility index (Phi) is 4.22. The molecule has 0 atom stereocenters. The van der Waals surface area contributed by atoms with Crippen molar-refractivity contribution in [3.63, 3.8) is 0 Å². The second kappa shape index (κ2) is 5.03. The predicted octanol–water partition coefficient (Wildman–Crippen LogP) is 4.15. The molecule has 1 N–H and O–H groups in total. The third-order valence-corrected chi connectivity index (χ3v) is 3.80. The maximum atomic E-state index is 8.58. The first-order valence-corrected chi connectivity index (χ1v) is 6.20. The fourth-order valence-corrected chi connectivity index (χ4v) is 2.74. The number of benzene rings is 1. The van der Waals surface area contributed by atoms with E-state index in [1.807, 2.05) is 18.2 Å². The molecule has 0 amide bonds. The minimum Gasteiger partial charge on any atom is -0.411 e. The lowest BCUT2D eigenvalue weighted by Gasteiger charge is -2.19. The van der Waals surface area contributed by atoms with Gasteiger partial charge in [0.15, 0.2) is 0 Å². The normalized spacial score (nSPS) is 12.3. The summed E-state index contributed by atoms with van der Waals surface area (Å²) in [6, 6.07) is 5.84. The van der Waals surface area contributed by atoms with Gasteiger partial charge in [0.25, 0.3) is 0 Å². The average molecular weight is 288 g/mol. The van der Waals surface area contributed by atoms with Crippen molar-refractivity contribution < 1.29 is 5.21 Å². The Morgan fingerprint density at radius 1 is 1.40 bits per heavy atom. The van der Waals surface area contributed by atoms with Crippen LogP contribution in [0.3, 0.4) is 0 Å². The highest BCUT2D eigenvalue weighted by molar-refractivity contribution is 9.10. The van der Waals surface area contributed by atoms with Crippen LogP contribution in [-0.4, -0.2) is 16.2 Å². The van der Waals surface area contributed by atoms with Gasteiger partial charge < -0.3 is 5.21 Å². The Morgan fingerprint density at radius 3 is 2.60 bits per heavy atom. The van der Waals surface area contributed by atoms with Crippen LogP contribution >= 0.6 is 27.7 Å². The SMILES string of the molecule is CC(C)(C)Sc1c(Br)cccc1C=NO. The van der Waals surface area contributed by atoms with Crippen molar-refractivity contribution in [2.45, 2.75) is 30.4 Å². The van der Waals surface area contributed by atoms with Crippen LogP contribution in [0.5, 0.6) is 0 Å². The van der Waals surface area contributed by atoms with Gasteiger partial charge >= 0.3 is 0 Å². The molecule has 1 aromatic rings. The summed E-state index contributed by atoms with van der Waals surface area (Å²) in [5.41, 5.74) is 0.923. The average Bonchev–Trinajstić information content (AvgIpc) is 2.10. The summed E-state index contributed by atoms with van der Waals surface area (Å²) in [4.78, 5) is 1.10. The molecular formula is C11H14BrNOS. The topological polar surface area (TPSA) is 32.6 Å². The van der Waals surface area contributed by atoms with Crippen LogP contribution in [0, 0.1) is 0 Å². The first-order chi connectivity index (χ1) is 6.94. The second-order valence-electron chi connectivity index (χ2n) is 4.12. The molecule has 15 heavy (non-hydrogen) atoms. The fourth-order valence-electron chi connectivity index (χ4n) is 1.10. The first-order valence-electron chi connectivity index (χ1n) is 4.59.